The van der Waals surface area contributed by atoms with Gasteiger partial charge < -0.3 is 11.1 Å². The van der Waals surface area contributed by atoms with Crippen LogP contribution >= 0.6 is 0 Å². The summed E-state index contributed by atoms with van der Waals surface area (Å²) in [6.07, 6.45) is 0. The van der Waals surface area contributed by atoms with Crippen molar-refractivity contribution in [1.29, 1.82) is 0 Å². The van der Waals surface area contributed by atoms with E-state index in [2.05, 4.69) is 5.32 Å². The van der Waals surface area contributed by atoms with Crippen LogP contribution in [0.25, 0.3) is 5.69 Å². The monoisotopic (exact) mass is 483 g/mol. The average molecular weight is 484 g/mol. The first-order chi connectivity index (χ1) is 17.4. The number of nitrogen functional groups attached to an aromatic ring is 1. The summed E-state index contributed by atoms with van der Waals surface area (Å²) < 4.78 is 15.6. The number of rotatable bonds is 5. The summed E-state index contributed by atoms with van der Waals surface area (Å²) >= 11 is 0. The Morgan fingerprint density at radius 2 is 1.78 bits per heavy atom. The summed E-state index contributed by atoms with van der Waals surface area (Å²) in [6.45, 7) is 4.15. The van der Waals surface area contributed by atoms with Crippen LogP contribution in [0.15, 0.2) is 78.9 Å². The van der Waals surface area contributed by atoms with Crippen LogP contribution in [0.3, 0.4) is 0 Å². The van der Waals surface area contributed by atoms with E-state index < -0.39 is 17.9 Å². The molecule has 0 spiro atoms. The van der Waals surface area contributed by atoms with Gasteiger partial charge in [0.2, 0.25) is 0 Å². The third-order valence-corrected chi connectivity index (χ3v) is 6.49. The molecule has 2 atom stereocenters. The number of amides is 2. The van der Waals surface area contributed by atoms with Gasteiger partial charge in [0.15, 0.2) is 0 Å². The molecule has 36 heavy (non-hydrogen) atoms. The molecule has 0 bridgehead atoms. The molecule has 0 radical (unpaired) electrons. The van der Waals surface area contributed by atoms with E-state index in [0.29, 0.717) is 29.2 Å². The summed E-state index contributed by atoms with van der Waals surface area (Å²) in [5.74, 6) is -0.990. The van der Waals surface area contributed by atoms with E-state index in [0.717, 1.165) is 16.9 Å². The molecule has 5 rings (SSSR count). The lowest BCUT2D eigenvalue weighted by atomic mass is 9.81. The highest BCUT2D eigenvalue weighted by Gasteiger charge is 2.45. The highest BCUT2D eigenvalue weighted by Crippen LogP contribution is 2.43. The zero-order valence-corrected chi connectivity index (χ0v) is 20.0. The Bertz CT molecular complexity index is 1430. The highest BCUT2D eigenvalue weighted by molar-refractivity contribution is 6.05. The van der Waals surface area contributed by atoms with Gasteiger partial charge in [-0.2, -0.15) is 5.10 Å². The van der Waals surface area contributed by atoms with Crippen LogP contribution in [0.4, 0.5) is 15.9 Å². The zero-order valence-electron chi connectivity index (χ0n) is 20.0. The van der Waals surface area contributed by atoms with E-state index in [9.17, 15) is 14.0 Å². The van der Waals surface area contributed by atoms with E-state index in [4.69, 9.17) is 10.8 Å². The summed E-state index contributed by atoms with van der Waals surface area (Å²) in [5, 5.41) is 7.73. The average Bonchev–Trinajstić information content (AvgIpc) is 3.22. The quantitative estimate of drug-likeness (QED) is 0.416. The van der Waals surface area contributed by atoms with Gasteiger partial charge in [-0.1, -0.05) is 36.4 Å². The van der Waals surface area contributed by atoms with Crippen molar-refractivity contribution in [2.75, 3.05) is 17.2 Å². The molecule has 8 heteroatoms. The summed E-state index contributed by atoms with van der Waals surface area (Å²) in [6, 6.07) is 21.3. The van der Waals surface area contributed by atoms with Crippen LogP contribution in [-0.2, 0) is 4.79 Å². The number of aromatic nitrogens is 2. The first-order valence-corrected chi connectivity index (χ1v) is 11.8. The number of nitrogens with one attached hydrogen (secondary N) is 1. The van der Waals surface area contributed by atoms with Crippen LogP contribution in [0.2, 0.25) is 0 Å². The molecule has 1 aromatic heterocycles. The first kappa shape index (κ1) is 23.3. The molecule has 0 saturated carbocycles. The molecule has 0 fully saturated rings. The van der Waals surface area contributed by atoms with Crippen LogP contribution in [0.1, 0.15) is 40.0 Å². The second-order valence-electron chi connectivity index (χ2n) is 8.76. The van der Waals surface area contributed by atoms with Gasteiger partial charge in [0.1, 0.15) is 17.7 Å². The van der Waals surface area contributed by atoms with Gasteiger partial charge in [0.25, 0.3) is 11.8 Å². The van der Waals surface area contributed by atoms with Crippen molar-refractivity contribution >= 4 is 23.3 Å². The molecular weight excluding hydrogens is 457 g/mol. The smallest absolute Gasteiger partial charge is 0.252 e. The maximum absolute atomic E-state index is 14.0. The number of likely N-dealkylation sites (N-methyl/N-ethyl adjacent to an activating group) is 1. The van der Waals surface area contributed by atoms with Gasteiger partial charge in [-0.15, -0.1) is 0 Å². The summed E-state index contributed by atoms with van der Waals surface area (Å²) in [5.41, 5.74) is 9.72. The molecule has 1 aliphatic rings. The number of nitrogens with two attached hydrogens (primary N) is 1. The number of para-hydroxylation sites is 1. The van der Waals surface area contributed by atoms with Crippen molar-refractivity contribution in [3.05, 3.63) is 107 Å². The van der Waals surface area contributed by atoms with Gasteiger partial charge in [-0.25, -0.2) is 9.07 Å². The lowest BCUT2D eigenvalue weighted by Crippen LogP contribution is -2.55. The van der Waals surface area contributed by atoms with Gasteiger partial charge in [0.05, 0.1) is 11.4 Å². The van der Waals surface area contributed by atoms with Gasteiger partial charge in [-0.05, 0) is 61.9 Å². The second-order valence-corrected chi connectivity index (χ2v) is 8.76. The molecule has 4 aromatic rings. The van der Waals surface area contributed by atoms with Crippen molar-refractivity contribution in [1.82, 2.24) is 15.1 Å². The topological polar surface area (TPSA) is 93.2 Å². The molecule has 0 saturated heterocycles. The number of carbonyl (C=O) groups excluding carboxylic acids is 2. The molecule has 182 valence electrons. The first-order valence-electron chi connectivity index (χ1n) is 11.8. The fraction of sp³-hybridized carbons (Fsp3) is 0.179. The number of halogens is 1. The van der Waals surface area contributed by atoms with Gasteiger partial charge >= 0.3 is 0 Å². The lowest BCUT2D eigenvalue weighted by molar-refractivity contribution is -0.121. The molecular formula is C28H26FN5O2. The standard InChI is InChI=1S/C28H26FN5O2/c1-3-33-27-23(17(2)32-34(27)22-10-5-4-6-11-22)24(18-12-14-20(29)15-13-18)25(28(33)36)31-26(35)19-8-7-9-21(30)16-19/h4-16,24-25H,3,30H2,1-2H3,(H,31,35). The molecule has 3 N–H and O–H groups in total. The van der Waals surface area contributed by atoms with E-state index in [1.165, 1.54) is 12.1 Å². The zero-order chi connectivity index (χ0) is 25.4. The molecule has 1 aliphatic heterocycles. The number of aryl methyl sites for hydroxylation is 1. The van der Waals surface area contributed by atoms with Crippen LogP contribution in [0, 0.1) is 12.7 Å². The number of benzene rings is 3. The van der Waals surface area contributed by atoms with Crippen LogP contribution < -0.4 is 16.0 Å². The van der Waals surface area contributed by atoms with E-state index in [1.807, 2.05) is 44.2 Å². The third-order valence-electron chi connectivity index (χ3n) is 6.49. The minimum Gasteiger partial charge on any atom is -0.399 e. The van der Waals surface area contributed by atoms with E-state index in [1.54, 1.807) is 46.0 Å². The van der Waals surface area contributed by atoms with Crippen molar-refractivity contribution < 1.29 is 14.0 Å². The molecule has 3 aromatic carbocycles. The SMILES string of the molecule is CCN1C(=O)C(NC(=O)c2cccc(N)c2)C(c2ccc(F)cc2)c2c(C)nn(-c3ccccc3)c21. The fourth-order valence-corrected chi connectivity index (χ4v) is 4.87. The molecule has 7 nitrogen and oxygen atoms in total. The van der Waals surface area contributed by atoms with Crippen molar-refractivity contribution in [2.24, 2.45) is 0 Å². The minimum atomic E-state index is -0.927. The number of nitrogens with zero attached hydrogens (tertiary/aromatic N) is 3. The second kappa shape index (κ2) is 9.30. The predicted octanol–water partition coefficient (Wildman–Crippen LogP) is 4.20. The normalized spacial score (nSPS) is 17.1. The Kier molecular flexibility index (Phi) is 6.01. The number of hydrogen-bond acceptors (Lipinski definition) is 4. The van der Waals surface area contributed by atoms with Gasteiger partial charge in [-0.3, -0.25) is 14.5 Å². The number of fused-ring (bicyclic) bond motifs is 1. The Balaban J connectivity index is 1.68. The van der Waals surface area contributed by atoms with Crippen molar-refractivity contribution in [3.8, 4) is 5.69 Å². The van der Waals surface area contributed by atoms with Crippen LogP contribution in [0.5, 0.6) is 0 Å². The van der Waals surface area contributed by atoms with E-state index >= 15 is 0 Å². The van der Waals surface area contributed by atoms with Crippen molar-refractivity contribution in [2.45, 2.75) is 25.8 Å². The number of anilines is 2. The predicted molar refractivity (Wildman–Crippen MR) is 137 cm³/mol. The Labute approximate surface area is 208 Å². The molecule has 2 amide bonds. The fourth-order valence-electron chi connectivity index (χ4n) is 4.87. The van der Waals surface area contributed by atoms with Gasteiger partial charge in [0, 0.05) is 29.3 Å². The Morgan fingerprint density at radius 3 is 2.44 bits per heavy atom. The summed E-state index contributed by atoms with van der Waals surface area (Å²) in [7, 11) is 0. The molecule has 0 aliphatic carbocycles. The molecule has 2 heterocycles. The number of hydrogen-bond donors (Lipinski definition) is 2. The maximum Gasteiger partial charge on any atom is 0.252 e. The number of carbonyl (C=O) groups is 2. The highest BCUT2D eigenvalue weighted by atomic mass is 19.1. The lowest BCUT2D eigenvalue weighted by Gasteiger charge is -2.38. The minimum absolute atomic E-state index is 0.270. The third kappa shape index (κ3) is 4.00. The van der Waals surface area contributed by atoms with E-state index in [-0.39, 0.29) is 11.7 Å². The Morgan fingerprint density at radius 1 is 1.06 bits per heavy atom. The summed E-state index contributed by atoms with van der Waals surface area (Å²) in [4.78, 5) is 28.9. The Hall–Kier alpha value is -4.46. The van der Waals surface area contributed by atoms with Crippen LogP contribution in [-0.4, -0.2) is 34.2 Å². The largest absolute Gasteiger partial charge is 0.399 e. The van der Waals surface area contributed by atoms with Crippen molar-refractivity contribution in [3.63, 3.8) is 0 Å². The molecule has 2 unspecified atom stereocenters. The maximum atomic E-state index is 14.0.